The number of likely N-dealkylation sites (tertiary alicyclic amines) is 1. The average molecular weight is 600 g/mol. The van der Waals surface area contributed by atoms with Gasteiger partial charge >= 0.3 is 6.03 Å². The predicted molar refractivity (Wildman–Crippen MR) is 161 cm³/mol. The second kappa shape index (κ2) is 11.7. The van der Waals surface area contributed by atoms with Crippen molar-refractivity contribution >= 4 is 23.8 Å². The quantitative estimate of drug-likeness (QED) is 0.226. The van der Waals surface area contributed by atoms with Crippen LogP contribution in [-0.2, 0) is 14.4 Å². The Morgan fingerprint density at radius 2 is 1.63 bits per heavy atom. The van der Waals surface area contributed by atoms with Crippen LogP contribution in [0.3, 0.4) is 0 Å². The van der Waals surface area contributed by atoms with Gasteiger partial charge in [0.2, 0.25) is 17.7 Å². The summed E-state index contributed by atoms with van der Waals surface area (Å²) in [6, 6.07) is 5.75. The first-order chi connectivity index (χ1) is 19.9. The third-order valence-corrected chi connectivity index (χ3v) is 9.67. The molecule has 3 aliphatic rings. The number of piperidine rings is 1. The van der Waals surface area contributed by atoms with Crippen LogP contribution in [0, 0.1) is 28.6 Å². The topological polar surface area (TPSA) is 174 Å². The lowest BCUT2D eigenvalue weighted by atomic mass is 9.85. The van der Waals surface area contributed by atoms with E-state index in [-0.39, 0.29) is 23.2 Å². The molecule has 11 nitrogen and oxygen atoms in total. The molecule has 238 valence electrons. The minimum atomic E-state index is -1.53. The van der Waals surface area contributed by atoms with Crippen molar-refractivity contribution in [2.75, 3.05) is 6.54 Å². The van der Waals surface area contributed by atoms with Crippen molar-refractivity contribution < 1.29 is 29.4 Å². The van der Waals surface area contributed by atoms with Gasteiger partial charge in [-0.1, -0.05) is 77.8 Å². The number of nitrogens with two attached hydrogens (primary N) is 1. The molecule has 1 saturated heterocycles. The van der Waals surface area contributed by atoms with E-state index in [1.807, 2.05) is 26.8 Å². The zero-order valence-corrected chi connectivity index (χ0v) is 26.4. The summed E-state index contributed by atoms with van der Waals surface area (Å²) in [5, 5.41) is 29.9. The molecule has 7 N–H and O–H groups in total. The Bertz CT molecular complexity index is 1220. The van der Waals surface area contributed by atoms with Crippen molar-refractivity contribution in [3.63, 3.8) is 0 Å². The largest absolute Gasteiger partial charge is 0.386 e. The van der Waals surface area contributed by atoms with Crippen LogP contribution in [0.25, 0.3) is 0 Å². The van der Waals surface area contributed by atoms with Gasteiger partial charge in [-0.15, -0.1) is 0 Å². The molecule has 1 aromatic rings. The molecular weight excluding hydrogens is 550 g/mol. The first-order valence-corrected chi connectivity index (χ1v) is 15.3. The molecule has 2 aliphatic carbocycles. The number of nitrogens with one attached hydrogen (secondary N) is 3. The van der Waals surface area contributed by atoms with Gasteiger partial charge in [0.25, 0.3) is 0 Å². The van der Waals surface area contributed by atoms with Crippen LogP contribution in [0.5, 0.6) is 0 Å². The van der Waals surface area contributed by atoms with E-state index in [1.165, 1.54) is 0 Å². The summed E-state index contributed by atoms with van der Waals surface area (Å²) in [6.07, 6.45) is -0.164. The maximum absolute atomic E-state index is 14.2. The lowest BCUT2D eigenvalue weighted by Crippen LogP contribution is -2.63. The van der Waals surface area contributed by atoms with Gasteiger partial charge in [-0.3, -0.25) is 14.4 Å². The van der Waals surface area contributed by atoms with Gasteiger partial charge in [-0.05, 0) is 54.4 Å². The molecule has 5 amide bonds. The number of benzene rings is 1. The molecule has 3 fully saturated rings. The molecule has 11 heteroatoms. The molecule has 0 radical (unpaired) electrons. The van der Waals surface area contributed by atoms with E-state index in [2.05, 4.69) is 29.8 Å². The number of carbonyl (C=O) groups is 4. The molecule has 1 heterocycles. The smallest absolute Gasteiger partial charge is 0.315 e. The standard InChI is InChI=1S/C32H49N5O6/c1-30(2,3)24(35-29(43)36-32(6,7)25(39)18-11-9-8-10-12-18)28(42)37-16-19-21(31(19,4)5)22(37)27(41)34-20(15-17-13-14-17)23(38)26(33)40/h8-12,17,19-25,38-39H,13-16H2,1-7H3,(H2,33,40)(H,34,41)(H2,35,36,43)/t19?,20?,21?,22-,23?,24+,25?/m0/s1. The number of carbonyl (C=O) groups excluding carboxylic acids is 4. The summed E-state index contributed by atoms with van der Waals surface area (Å²) >= 11 is 0. The molecule has 5 unspecified atom stereocenters. The molecule has 43 heavy (non-hydrogen) atoms. The number of hydrogen-bond donors (Lipinski definition) is 6. The summed E-state index contributed by atoms with van der Waals surface area (Å²) in [4.78, 5) is 54.7. The number of nitrogens with zero attached hydrogens (tertiary/aromatic N) is 1. The minimum absolute atomic E-state index is 0.0989. The number of fused-ring (bicyclic) bond motifs is 1. The molecule has 0 spiro atoms. The SMILES string of the molecule is CC(C)(NC(=O)N[C@H](C(=O)N1CC2C([C@H]1C(=O)NC(CC1CC1)C(O)C(N)=O)C2(C)C)C(C)(C)C)C(O)c1ccccc1. The van der Waals surface area contributed by atoms with Gasteiger partial charge in [0.15, 0.2) is 6.10 Å². The Kier molecular flexibility index (Phi) is 8.92. The fraction of sp³-hybridized carbons (Fsp3) is 0.688. The Morgan fingerprint density at radius 3 is 2.16 bits per heavy atom. The van der Waals surface area contributed by atoms with Gasteiger partial charge in [0.1, 0.15) is 18.2 Å². The maximum atomic E-state index is 14.2. The van der Waals surface area contributed by atoms with E-state index in [1.54, 1.807) is 43.0 Å². The van der Waals surface area contributed by atoms with Crippen LogP contribution in [0.4, 0.5) is 4.79 Å². The van der Waals surface area contributed by atoms with Crippen molar-refractivity contribution in [1.29, 1.82) is 0 Å². The number of aliphatic hydroxyl groups excluding tert-OH is 2. The van der Waals surface area contributed by atoms with Crippen LogP contribution in [0.1, 0.15) is 79.4 Å². The van der Waals surface area contributed by atoms with E-state index >= 15 is 0 Å². The number of urea groups is 1. The number of hydrogen-bond acceptors (Lipinski definition) is 6. The maximum Gasteiger partial charge on any atom is 0.315 e. The highest BCUT2D eigenvalue weighted by molar-refractivity contribution is 5.94. The number of primary amides is 1. The highest BCUT2D eigenvalue weighted by atomic mass is 16.3. The van der Waals surface area contributed by atoms with E-state index in [4.69, 9.17) is 5.73 Å². The second-order valence-electron chi connectivity index (χ2n) is 15.0. The molecule has 7 atom stereocenters. The summed E-state index contributed by atoms with van der Waals surface area (Å²) < 4.78 is 0. The lowest BCUT2D eigenvalue weighted by molar-refractivity contribution is -0.144. The van der Waals surface area contributed by atoms with Gasteiger partial charge in [0, 0.05) is 6.54 Å². The van der Waals surface area contributed by atoms with Crippen molar-refractivity contribution in [3.8, 4) is 0 Å². The molecule has 0 bridgehead atoms. The first-order valence-electron chi connectivity index (χ1n) is 15.3. The Balaban J connectivity index is 1.51. The molecule has 4 rings (SSSR count). The molecule has 1 aliphatic heterocycles. The van der Waals surface area contributed by atoms with Gasteiger partial charge in [0.05, 0.1) is 11.6 Å². The minimum Gasteiger partial charge on any atom is -0.386 e. The van der Waals surface area contributed by atoms with Gasteiger partial charge < -0.3 is 36.8 Å². The van der Waals surface area contributed by atoms with Crippen molar-refractivity contribution in [2.45, 2.75) is 104 Å². The van der Waals surface area contributed by atoms with E-state index in [0.717, 1.165) is 12.8 Å². The lowest BCUT2D eigenvalue weighted by Gasteiger charge is -2.39. The third-order valence-electron chi connectivity index (χ3n) is 9.67. The van der Waals surface area contributed by atoms with Crippen LogP contribution in [0.2, 0.25) is 0 Å². The summed E-state index contributed by atoms with van der Waals surface area (Å²) in [5.41, 5.74) is 4.09. The fourth-order valence-corrected chi connectivity index (χ4v) is 6.65. The van der Waals surface area contributed by atoms with Crippen molar-refractivity contribution in [1.82, 2.24) is 20.9 Å². The van der Waals surface area contributed by atoms with Crippen molar-refractivity contribution in [2.24, 2.45) is 34.3 Å². The van der Waals surface area contributed by atoms with E-state index < -0.39 is 59.1 Å². The second-order valence-corrected chi connectivity index (χ2v) is 15.0. The Hall–Kier alpha value is -3.18. The average Bonchev–Trinajstić information content (AvgIpc) is 3.77. The number of rotatable bonds is 11. The van der Waals surface area contributed by atoms with E-state index in [0.29, 0.717) is 24.4 Å². The highest BCUT2D eigenvalue weighted by Gasteiger charge is 2.70. The summed E-state index contributed by atoms with van der Waals surface area (Å²) in [5.74, 6) is -1.41. The molecule has 2 saturated carbocycles. The monoisotopic (exact) mass is 599 g/mol. The summed E-state index contributed by atoms with van der Waals surface area (Å²) in [6.45, 7) is 13.4. The van der Waals surface area contributed by atoms with E-state index in [9.17, 15) is 29.4 Å². The first kappa shape index (κ1) is 32.7. The zero-order chi connectivity index (χ0) is 32.1. The normalized spacial score (nSPS) is 25.5. The molecule has 1 aromatic carbocycles. The van der Waals surface area contributed by atoms with Crippen molar-refractivity contribution in [3.05, 3.63) is 35.9 Å². The summed E-state index contributed by atoms with van der Waals surface area (Å²) in [7, 11) is 0. The number of aliphatic hydroxyl groups is 2. The Labute approximate surface area is 254 Å². The van der Waals surface area contributed by atoms with Crippen LogP contribution >= 0.6 is 0 Å². The highest BCUT2D eigenvalue weighted by Crippen LogP contribution is 2.65. The molecular formula is C32H49N5O6. The van der Waals surface area contributed by atoms with Crippen LogP contribution in [-0.4, -0.2) is 75.2 Å². The molecule has 0 aromatic heterocycles. The zero-order valence-electron chi connectivity index (χ0n) is 26.4. The van der Waals surface area contributed by atoms with Gasteiger partial charge in [-0.25, -0.2) is 4.79 Å². The van der Waals surface area contributed by atoms with Crippen LogP contribution in [0.15, 0.2) is 30.3 Å². The number of amides is 5. The predicted octanol–water partition coefficient (Wildman–Crippen LogP) is 1.83. The third kappa shape index (κ3) is 6.98. The fourth-order valence-electron chi connectivity index (χ4n) is 6.65. The van der Waals surface area contributed by atoms with Crippen LogP contribution < -0.4 is 21.7 Å². The van der Waals surface area contributed by atoms with Gasteiger partial charge in [-0.2, -0.15) is 0 Å². The Morgan fingerprint density at radius 1 is 1.02 bits per heavy atom.